The van der Waals surface area contributed by atoms with Crippen molar-refractivity contribution in [2.75, 3.05) is 19.6 Å². The van der Waals surface area contributed by atoms with Gasteiger partial charge in [-0.05, 0) is 48.3 Å². The molecule has 2 saturated heterocycles. The molecule has 2 heterocycles. The minimum atomic E-state index is -0.103. The number of carbonyl (C=O) groups is 1. The van der Waals surface area contributed by atoms with Crippen molar-refractivity contribution in [3.8, 4) is 5.75 Å². The van der Waals surface area contributed by atoms with Crippen LogP contribution in [0.2, 0.25) is 0 Å². The summed E-state index contributed by atoms with van der Waals surface area (Å²) in [6, 6.07) is 5.94. The molecule has 7 heteroatoms. The molecule has 1 aromatic rings. The fourth-order valence-corrected chi connectivity index (χ4v) is 5.83. The highest BCUT2D eigenvalue weighted by Crippen LogP contribution is 2.57. The number of piperidine rings is 2. The molecule has 0 radical (unpaired) electrons. The second-order valence-electron chi connectivity index (χ2n) is 9.64. The van der Waals surface area contributed by atoms with E-state index in [1.807, 2.05) is 15.9 Å². The summed E-state index contributed by atoms with van der Waals surface area (Å²) in [6.07, 6.45) is 3.36. The molecule has 2 fully saturated rings. The number of hydrazone groups is 1. The Labute approximate surface area is 172 Å². The molecular formula is C22H33N5O2. The molecule has 2 aliphatic heterocycles. The van der Waals surface area contributed by atoms with E-state index in [1.54, 1.807) is 6.07 Å². The lowest BCUT2D eigenvalue weighted by Crippen LogP contribution is -2.66. The van der Waals surface area contributed by atoms with Crippen LogP contribution in [0.15, 0.2) is 23.3 Å². The van der Waals surface area contributed by atoms with Crippen molar-refractivity contribution in [3.05, 3.63) is 29.3 Å². The summed E-state index contributed by atoms with van der Waals surface area (Å²) in [6.45, 7) is 8.84. The minimum absolute atomic E-state index is 0.0249. The van der Waals surface area contributed by atoms with Gasteiger partial charge in [-0.1, -0.05) is 32.9 Å². The molecule has 1 aliphatic carbocycles. The quantitative estimate of drug-likeness (QED) is 0.291. The van der Waals surface area contributed by atoms with E-state index in [2.05, 4.69) is 31.9 Å². The van der Waals surface area contributed by atoms with Crippen LogP contribution in [0.4, 0.5) is 4.79 Å². The minimum Gasteiger partial charge on any atom is -0.508 e. The number of fused-ring (bicyclic) bond motifs is 4. The second-order valence-corrected chi connectivity index (χ2v) is 9.64. The zero-order chi connectivity index (χ0) is 21.0. The number of aromatic hydroxyl groups is 1. The van der Waals surface area contributed by atoms with Gasteiger partial charge in [0.1, 0.15) is 11.6 Å². The number of urea groups is 1. The van der Waals surface area contributed by atoms with E-state index in [0.29, 0.717) is 24.6 Å². The molecule has 3 unspecified atom stereocenters. The van der Waals surface area contributed by atoms with Crippen LogP contribution in [-0.4, -0.2) is 52.4 Å². The molecule has 3 aliphatic rings. The number of phenolic OH excluding ortho intramolecular Hbond substituents is 1. The number of likely N-dealkylation sites (tertiary alicyclic amines) is 2. The maximum Gasteiger partial charge on any atom is 0.320 e. The Balaban J connectivity index is 1.64. The van der Waals surface area contributed by atoms with Crippen molar-refractivity contribution < 1.29 is 9.90 Å². The Morgan fingerprint density at radius 2 is 2.03 bits per heavy atom. The van der Waals surface area contributed by atoms with Gasteiger partial charge >= 0.3 is 6.03 Å². The number of hydrogen-bond acceptors (Lipinski definition) is 4. The molecule has 2 bridgehead atoms. The average Bonchev–Trinajstić information content (AvgIpc) is 2.70. The number of benzene rings is 1. The molecule has 5 N–H and O–H groups in total. The molecule has 0 saturated carbocycles. The fourth-order valence-electron chi connectivity index (χ4n) is 5.83. The van der Waals surface area contributed by atoms with Crippen molar-refractivity contribution in [1.29, 1.82) is 0 Å². The first-order valence-corrected chi connectivity index (χ1v) is 10.6. The van der Waals surface area contributed by atoms with Gasteiger partial charge in [0.15, 0.2) is 0 Å². The lowest BCUT2D eigenvalue weighted by Gasteiger charge is -2.61. The van der Waals surface area contributed by atoms with Crippen molar-refractivity contribution in [3.63, 3.8) is 0 Å². The van der Waals surface area contributed by atoms with Crippen molar-refractivity contribution in [1.82, 2.24) is 9.80 Å². The molecule has 4 rings (SSSR count). The summed E-state index contributed by atoms with van der Waals surface area (Å²) in [5.74, 6) is 6.16. The first-order chi connectivity index (χ1) is 13.7. The normalized spacial score (nSPS) is 31.3. The summed E-state index contributed by atoms with van der Waals surface area (Å²) >= 11 is 0. The highest BCUT2D eigenvalue weighted by atomic mass is 16.3. The lowest BCUT2D eigenvalue weighted by molar-refractivity contribution is -0.0252. The van der Waals surface area contributed by atoms with Gasteiger partial charge in [0, 0.05) is 37.0 Å². The van der Waals surface area contributed by atoms with Crippen molar-refractivity contribution in [2.24, 2.45) is 28.0 Å². The van der Waals surface area contributed by atoms with Gasteiger partial charge in [-0.15, -0.1) is 0 Å². The third-order valence-electron chi connectivity index (χ3n) is 8.13. The van der Waals surface area contributed by atoms with Crippen LogP contribution >= 0.6 is 0 Å². The van der Waals surface area contributed by atoms with Crippen LogP contribution in [0.5, 0.6) is 5.75 Å². The van der Waals surface area contributed by atoms with Gasteiger partial charge < -0.3 is 26.5 Å². The Morgan fingerprint density at radius 3 is 2.76 bits per heavy atom. The Bertz CT molecular complexity index is 852. The standard InChI is InChI=1S/C22H33N5O2/c1-21(2)18-12-15-16(7-4-8-17(15)28)22(21,3)9-11-27(18)20(29)26-10-5-6-14(13-26)19(23)25-24/h4,7-8,14,18,28H,5-6,9-13,24H2,1-3H3,(H2,23,25). The first kappa shape index (κ1) is 19.9. The number of carbonyl (C=O) groups excluding carboxylic acids is 1. The molecule has 2 amide bonds. The molecule has 3 atom stereocenters. The maximum absolute atomic E-state index is 13.6. The monoisotopic (exact) mass is 399 g/mol. The van der Waals surface area contributed by atoms with Gasteiger partial charge in [-0.2, -0.15) is 5.10 Å². The summed E-state index contributed by atoms with van der Waals surface area (Å²) in [7, 11) is 0. The third kappa shape index (κ3) is 2.85. The maximum atomic E-state index is 13.6. The second kappa shape index (κ2) is 6.82. The van der Waals surface area contributed by atoms with Gasteiger partial charge in [-0.25, -0.2) is 4.79 Å². The van der Waals surface area contributed by atoms with E-state index in [1.165, 1.54) is 5.56 Å². The molecule has 0 aromatic heterocycles. The summed E-state index contributed by atoms with van der Waals surface area (Å²) in [5, 5.41) is 14.2. The highest BCUT2D eigenvalue weighted by molar-refractivity contribution is 5.84. The van der Waals surface area contributed by atoms with Crippen LogP contribution in [0, 0.1) is 11.3 Å². The predicted octanol–water partition coefficient (Wildman–Crippen LogP) is 2.37. The average molecular weight is 400 g/mol. The van der Waals surface area contributed by atoms with Gasteiger partial charge in [0.2, 0.25) is 0 Å². The van der Waals surface area contributed by atoms with E-state index < -0.39 is 0 Å². The number of nitrogens with two attached hydrogens (primary N) is 2. The van der Waals surface area contributed by atoms with Gasteiger partial charge in [0.05, 0.1) is 0 Å². The van der Waals surface area contributed by atoms with Crippen molar-refractivity contribution in [2.45, 2.75) is 57.9 Å². The molecule has 158 valence electrons. The van der Waals surface area contributed by atoms with E-state index >= 15 is 0 Å². The smallest absolute Gasteiger partial charge is 0.320 e. The van der Waals surface area contributed by atoms with Crippen LogP contribution < -0.4 is 11.6 Å². The Hall–Kier alpha value is -2.44. The highest BCUT2D eigenvalue weighted by Gasteiger charge is 2.57. The number of hydrogen-bond donors (Lipinski definition) is 3. The number of phenols is 1. The van der Waals surface area contributed by atoms with Crippen LogP contribution in [0.1, 0.15) is 51.2 Å². The van der Waals surface area contributed by atoms with Crippen LogP contribution in [-0.2, 0) is 11.8 Å². The first-order valence-electron chi connectivity index (χ1n) is 10.6. The molecule has 1 aromatic carbocycles. The van der Waals surface area contributed by atoms with Crippen molar-refractivity contribution >= 4 is 11.9 Å². The van der Waals surface area contributed by atoms with E-state index in [-0.39, 0.29) is 28.8 Å². The van der Waals surface area contributed by atoms with Gasteiger partial charge in [0.25, 0.3) is 0 Å². The molecule has 0 spiro atoms. The number of amidine groups is 1. The summed E-state index contributed by atoms with van der Waals surface area (Å²) < 4.78 is 0. The van der Waals surface area contributed by atoms with E-state index in [0.717, 1.165) is 37.9 Å². The van der Waals surface area contributed by atoms with E-state index in [9.17, 15) is 9.90 Å². The zero-order valence-electron chi connectivity index (χ0n) is 17.7. The van der Waals surface area contributed by atoms with E-state index in [4.69, 9.17) is 11.6 Å². The predicted molar refractivity (Wildman–Crippen MR) is 114 cm³/mol. The summed E-state index contributed by atoms with van der Waals surface area (Å²) in [5.41, 5.74) is 7.99. The largest absolute Gasteiger partial charge is 0.508 e. The number of rotatable bonds is 1. The van der Waals surface area contributed by atoms with Crippen LogP contribution in [0.3, 0.4) is 0 Å². The Morgan fingerprint density at radius 1 is 1.28 bits per heavy atom. The van der Waals surface area contributed by atoms with Gasteiger partial charge in [-0.3, -0.25) is 0 Å². The third-order valence-corrected chi connectivity index (χ3v) is 8.13. The SMILES string of the molecule is CC12CCN(C(=O)N3CCCC(/C(N)=N/N)C3)C(Cc3c(O)cccc31)C2(C)C. The molecule has 29 heavy (non-hydrogen) atoms. The molecular weight excluding hydrogens is 366 g/mol. The molecule has 7 nitrogen and oxygen atoms in total. The number of nitrogens with zero attached hydrogens (tertiary/aromatic N) is 3. The lowest BCUT2D eigenvalue weighted by atomic mass is 9.51. The van der Waals surface area contributed by atoms with Crippen LogP contribution in [0.25, 0.3) is 0 Å². The Kier molecular flexibility index (Phi) is 4.67. The number of amides is 2. The zero-order valence-corrected chi connectivity index (χ0v) is 17.7. The fraction of sp³-hybridized carbons (Fsp3) is 0.636. The summed E-state index contributed by atoms with van der Waals surface area (Å²) in [4.78, 5) is 17.5. The topological polar surface area (TPSA) is 108 Å².